The summed E-state index contributed by atoms with van der Waals surface area (Å²) in [6, 6.07) is 0. The quantitative estimate of drug-likeness (QED) is 0.109. The maximum absolute atomic E-state index is 10.2. The Morgan fingerprint density at radius 3 is 0.686 bits per heavy atom. The van der Waals surface area contributed by atoms with Crippen LogP contribution in [0.3, 0.4) is 0 Å². The molecule has 1 N–H and O–H groups in total. The van der Waals surface area contributed by atoms with Crippen LogP contribution < -0.4 is 0 Å². The van der Waals surface area contributed by atoms with Crippen molar-refractivity contribution in [3.05, 3.63) is 0 Å². The van der Waals surface area contributed by atoms with Crippen molar-refractivity contribution < 1.29 is 9.90 Å². The van der Waals surface area contributed by atoms with Crippen LogP contribution in [0.1, 0.15) is 207 Å². The van der Waals surface area contributed by atoms with Gasteiger partial charge in [-0.05, 0) is 6.42 Å². The van der Waals surface area contributed by atoms with Gasteiger partial charge in [0.1, 0.15) is 0 Å². The fraction of sp³-hybridized carbons (Fsp3) is 0.970. The van der Waals surface area contributed by atoms with Gasteiger partial charge < -0.3 is 5.11 Å². The standard InChI is InChI=1S/C21H44.C12H24O2/c1-3-5-7-9-11-13-15-17-19-21-20-18-16-14-12-10-8-6-4-2;1-2-3-4-5-6-7-8-9-10-11-12(13)14/h3-21H2,1-2H3;2-11H2,1H3,(H,13,14). The zero-order valence-corrected chi connectivity index (χ0v) is 24.9. The van der Waals surface area contributed by atoms with Crippen molar-refractivity contribution in [1.29, 1.82) is 0 Å². The van der Waals surface area contributed by atoms with Crippen molar-refractivity contribution in [2.24, 2.45) is 0 Å². The third kappa shape index (κ3) is 40.9. The largest absolute Gasteiger partial charge is 0.481 e. The minimum atomic E-state index is -0.659. The topological polar surface area (TPSA) is 37.3 Å². The van der Waals surface area contributed by atoms with Gasteiger partial charge in [-0.25, -0.2) is 0 Å². The van der Waals surface area contributed by atoms with E-state index in [1.54, 1.807) is 0 Å². The van der Waals surface area contributed by atoms with Gasteiger partial charge in [-0.2, -0.15) is 0 Å². The van der Waals surface area contributed by atoms with Crippen LogP contribution >= 0.6 is 0 Å². The highest BCUT2D eigenvalue weighted by Crippen LogP contribution is 2.14. The molecule has 0 aromatic heterocycles. The molecule has 0 aromatic rings. The molecule has 0 rings (SSSR count). The molecule has 0 aliphatic heterocycles. The Bertz CT molecular complexity index is 348. The van der Waals surface area contributed by atoms with E-state index < -0.39 is 5.97 Å². The summed E-state index contributed by atoms with van der Waals surface area (Å²) in [5.74, 6) is -0.659. The van der Waals surface area contributed by atoms with E-state index in [1.807, 2.05) is 0 Å². The molecule has 35 heavy (non-hydrogen) atoms. The van der Waals surface area contributed by atoms with Gasteiger partial charge in [0, 0.05) is 6.42 Å². The van der Waals surface area contributed by atoms with Gasteiger partial charge in [0.05, 0.1) is 0 Å². The zero-order valence-electron chi connectivity index (χ0n) is 24.9. The first-order valence-electron chi connectivity index (χ1n) is 16.4. The Balaban J connectivity index is 0. The summed E-state index contributed by atoms with van der Waals surface area (Å²) < 4.78 is 0. The van der Waals surface area contributed by atoms with Crippen molar-refractivity contribution in [2.75, 3.05) is 0 Å². The Morgan fingerprint density at radius 2 is 0.514 bits per heavy atom. The summed E-state index contributed by atoms with van der Waals surface area (Å²) in [7, 11) is 0. The second kappa shape index (κ2) is 35.6. The molecular weight excluding hydrogens is 428 g/mol. The van der Waals surface area contributed by atoms with Crippen LogP contribution in [0.15, 0.2) is 0 Å². The van der Waals surface area contributed by atoms with Gasteiger partial charge in [0.2, 0.25) is 0 Å². The molecule has 0 spiro atoms. The third-order valence-corrected chi connectivity index (χ3v) is 7.20. The van der Waals surface area contributed by atoms with Crippen LogP contribution in [0.2, 0.25) is 0 Å². The average molecular weight is 497 g/mol. The Hall–Kier alpha value is -0.530. The average Bonchev–Trinajstić information content (AvgIpc) is 2.85. The summed E-state index contributed by atoms with van der Waals surface area (Å²) in [6.45, 7) is 6.82. The maximum Gasteiger partial charge on any atom is 0.303 e. The second-order valence-electron chi connectivity index (χ2n) is 11.0. The number of rotatable bonds is 28. The molecule has 0 bridgehead atoms. The first kappa shape index (κ1) is 36.6. The molecule has 0 saturated heterocycles. The number of aliphatic carboxylic acids is 1. The van der Waals surface area contributed by atoms with E-state index in [0.717, 1.165) is 12.8 Å². The van der Waals surface area contributed by atoms with Crippen molar-refractivity contribution in [1.82, 2.24) is 0 Å². The van der Waals surface area contributed by atoms with E-state index in [-0.39, 0.29) is 0 Å². The summed E-state index contributed by atoms with van der Waals surface area (Å²) in [6.07, 6.45) is 39.4. The summed E-state index contributed by atoms with van der Waals surface area (Å²) >= 11 is 0. The minimum Gasteiger partial charge on any atom is -0.481 e. The van der Waals surface area contributed by atoms with Gasteiger partial charge in [0.25, 0.3) is 0 Å². The zero-order chi connectivity index (χ0) is 26.1. The van der Waals surface area contributed by atoms with Crippen LogP contribution in [0.25, 0.3) is 0 Å². The fourth-order valence-electron chi connectivity index (χ4n) is 4.74. The molecule has 2 nitrogen and oxygen atoms in total. The lowest BCUT2D eigenvalue weighted by atomic mass is 10.0. The van der Waals surface area contributed by atoms with Gasteiger partial charge >= 0.3 is 5.97 Å². The van der Waals surface area contributed by atoms with Gasteiger partial charge in [0.15, 0.2) is 0 Å². The highest BCUT2D eigenvalue weighted by atomic mass is 16.4. The van der Waals surface area contributed by atoms with E-state index in [0.29, 0.717) is 6.42 Å². The van der Waals surface area contributed by atoms with Gasteiger partial charge in [-0.3, -0.25) is 4.79 Å². The van der Waals surface area contributed by atoms with Crippen LogP contribution in [-0.2, 0) is 4.79 Å². The minimum absolute atomic E-state index is 0.343. The molecule has 212 valence electrons. The monoisotopic (exact) mass is 497 g/mol. The summed E-state index contributed by atoms with van der Waals surface area (Å²) in [5.41, 5.74) is 0. The van der Waals surface area contributed by atoms with Crippen LogP contribution in [0, 0.1) is 0 Å². The van der Waals surface area contributed by atoms with Crippen molar-refractivity contribution in [2.45, 2.75) is 207 Å². The first-order valence-corrected chi connectivity index (χ1v) is 16.4. The summed E-state index contributed by atoms with van der Waals surface area (Å²) in [4.78, 5) is 10.2. The van der Waals surface area contributed by atoms with Gasteiger partial charge in [-0.15, -0.1) is 0 Å². The SMILES string of the molecule is CCCCCCCCCCCC(=O)O.CCCCCCCCCCCCCCCCCCCCC. The summed E-state index contributed by atoms with van der Waals surface area (Å²) in [5, 5.41) is 8.41. The first-order chi connectivity index (χ1) is 17.2. The van der Waals surface area contributed by atoms with E-state index in [4.69, 9.17) is 5.11 Å². The molecular formula is C33H68O2. The molecule has 0 aliphatic carbocycles. The van der Waals surface area contributed by atoms with Crippen molar-refractivity contribution >= 4 is 5.97 Å². The molecule has 0 unspecified atom stereocenters. The molecule has 0 saturated carbocycles. The van der Waals surface area contributed by atoms with E-state index >= 15 is 0 Å². The van der Waals surface area contributed by atoms with Crippen molar-refractivity contribution in [3.63, 3.8) is 0 Å². The molecule has 0 amide bonds. The molecule has 0 aliphatic rings. The maximum atomic E-state index is 10.2. The molecule has 0 aromatic carbocycles. The number of hydrogen-bond acceptors (Lipinski definition) is 1. The van der Waals surface area contributed by atoms with Crippen LogP contribution in [0.5, 0.6) is 0 Å². The van der Waals surface area contributed by atoms with E-state index in [9.17, 15) is 4.79 Å². The van der Waals surface area contributed by atoms with E-state index in [1.165, 1.54) is 167 Å². The lowest BCUT2D eigenvalue weighted by Gasteiger charge is -2.03. The lowest BCUT2D eigenvalue weighted by molar-refractivity contribution is -0.137. The van der Waals surface area contributed by atoms with E-state index in [2.05, 4.69) is 20.8 Å². The van der Waals surface area contributed by atoms with Gasteiger partial charge in [-0.1, -0.05) is 194 Å². The number of carboxylic acids is 1. The smallest absolute Gasteiger partial charge is 0.303 e. The predicted molar refractivity (Wildman–Crippen MR) is 159 cm³/mol. The molecule has 0 atom stereocenters. The third-order valence-electron chi connectivity index (χ3n) is 7.20. The van der Waals surface area contributed by atoms with Crippen LogP contribution in [-0.4, -0.2) is 11.1 Å². The number of carboxylic acid groups (broad SMARTS) is 1. The molecule has 2 heteroatoms. The number of unbranched alkanes of at least 4 members (excludes halogenated alkanes) is 26. The number of hydrogen-bond donors (Lipinski definition) is 1. The lowest BCUT2D eigenvalue weighted by Crippen LogP contribution is -1.93. The predicted octanol–water partition coefficient (Wildman–Crippen LogP) is 12.4. The molecule has 0 heterocycles. The normalized spacial score (nSPS) is 10.8. The highest BCUT2D eigenvalue weighted by Gasteiger charge is 1.97. The fourth-order valence-corrected chi connectivity index (χ4v) is 4.74. The molecule has 0 fully saturated rings. The highest BCUT2D eigenvalue weighted by molar-refractivity contribution is 5.66. The Labute approximate surface area is 222 Å². The number of carbonyl (C=O) groups is 1. The van der Waals surface area contributed by atoms with Crippen molar-refractivity contribution in [3.8, 4) is 0 Å². The van der Waals surface area contributed by atoms with Crippen LogP contribution in [0.4, 0.5) is 0 Å². The Kier molecular flexibility index (Phi) is 37.3. The molecule has 0 radical (unpaired) electrons. The Morgan fingerprint density at radius 1 is 0.343 bits per heavy atom. The second-order valence-corrected chi connectivity index (χ2v) is 11.0.